The number of benzene rings is 1. The molecule has 0 unspecified atom stereocenters. The van der Waals surface area contributed by atoms with E-state index >= 15 is 0 Å². The van der Waals surface area contributed by atoms with Crippen LogP contribution in [0.4, 0.5) is 0 Å². The number of methoxy groups -OCH3 is 1. The van der Waals surface area contributed by atoms with Gasteiger partial charge < -0.3 is 15.2 Å². The van der Waals surface area contributed by atoms with E-state index in [0.717, 1.165) is 19.1 Å². The lowest BCUT2D eigenvalue weighted by Gasteiger charge is -2.08. The Bertz CT molecular complexity index is 482. The summed E-state index contributed by atoms with van der Waals surface area (Å²) in [4.78, 5) is 21.3. The summed E-state index contributed by atoms with van der Waals surface area (Å²) in [6, 6.07) is 7.82. The molecule has 1 aromatic rings. The molecule has 2 N–H and O–H groups in total. The van der Waals surface area contributed by atoms with Crippen molar-refractivity contribution in [1.82, 2.24) is 5.32 Å². The molecule has 1 amide bonds. The molecule has 1 aromatic carbocycles. The molecule has 0 atom stereocenters. The lowest BCUT2D eigenvalue weighted by Crippen LogP contribution is -2.30. The van der Waals surface area contributed by atoms with Crippen LogP contribution in [0.2, 0.25) is 0 Å². The van der Waals surface area contributed by atoms with Crippen molar-refractivity contribution < 1.29 is 19.4 Å². The van der Waals surface area contributed by atoms with Crippen LogP contribution in [0.3, 0.4) is 0 Å². The number of ether oxygens (including phenoxy) is 1. The largest absolute Gasteiger partial charge is 0.469 e. The van der Waals surface area contributed by atoms with Gasteiger partial charge in [0, 0.05) is 25.6 Å². The molecule has 23 heavy (non-hydrogen) atoms. The molecular weight excluding hydrogens is 294 g/mol. The molecule has 5 nitrogen and oxygen atoms in total. The molecule has 5 heteroatoms. The van der Waals surface area contributed by atoms with E-state index in [1.54, 1.807) is 0 Å². The van der Waals surface area contributed by atoms with Gasteiger partial charge in [-0.1, -0.05) is 31.2 Å². The minimum Gasteiger partial charge on any atom is -0.469 e. The van der Waals surface area contributed by atoms with Crippen LogP contribution in [0.15, 0.2) is 30.3 Å². The fourth-order valence-electron chi connectivity index (χ4n) is 1.38. The number of hydrogen-bond acceptors (Lipinski definition) is 4. The molecule has 0 aliphatic heterocycles. The Labute approximate surface area is 139 Å². The Kier molecular flexibility index (Phi) is 14.9. The molecule has 0 radical (unpaired) electrons. The van der Waals surface area contributed by atoms with Crippen molar-refractivity contribution in [1.29, 1.82) is 0 Å². The van der Waals surface area contributed by atoms with Crippen molar-refractivity contribution in [3.05, 3.63) is 41.5 Å². The summed E-state index contributed by atoms with van der Waals surface area (Å²) in [5.41, 5.74) is 1.78. The summed E-state index contributed by atoms with van der Waals surface area (Å²) in [6.45, 7) is 7.36. The third-order valence-corrected chi connectivity index (χ3v) is 2.40. The second-order valence-corrected chi connectivity index (χ2v) is 4.76. The molecule has 0 aromatic heterocycles. The normalized spacial score (nSPS) is 9.39. The highest BCUT2D eigenvalue weighted by atomic mass is 16.5. The predicted octanol–water partition coefficient (Wildman–Crippen LogP) is 3.04. The molecule has 0 heterocycles. The average molecular weight is 323 g/mol. The molecule has 0 bridgehead atoms. The summed E-state index contributed by atoms with van der Waals surface area (Å²) in [7, 11) is 2.35. The molecular formula is C18H29NO4. The van der Waals surface area contributed by atoms with Gasteiger partial charge in [-0.15, -0.1) is 0 Å². The fraction of sp³-hybridized carbons (Fsp3) is 0.444. The van der Waals surface area contributed by atoms with Crippen LogP contribution in [-0.2, 0) is 9.53 Å². The number of aliphatic hydroxyl groups excluding tert-OH is 1. The van der Waals surface area contributed by atoms with E-state index in [1.165, 1.54) is 14.0 Å². The Morgan fingerprint density at radius 3 is 2.30 bits per heavy atom. The first-order chi connectivity index (χ1) is 10.9. The lowest BCUT2D eigenvalue weighted by molar-refractivity contribution is -0.137. The monoisotopic (exact) mass is 323 g/mol. The van der Waals surface area contributed by atoms with Crippen LogP contribution >= 0.6 is 0 Å². The number of carbonyl (C=O) groups is 2. The van der Waals surface area contributed by atoms with Crippen LogP contribution in [0, 0.1) is 0 Å². The van der Waals surface area contributed by atoms with Gasteiger partial charge in [-0.25, -0.2) is 0 Å². The number of rotatable bonds is 4. The summed E-state index contributed by atoms with van der Waals surface area (Å²) in [5, 5.41) is 9.88. The SMILES string of the molecule is CC/C=C\c1cccc(C(=O)NC(C)C)c1.CO.COC(C)=O. The Hall–Kier alpha value is -2.14. The number of esters is 1. The number of aliphatic hydroxyl groups is 1. The van der Waals surface area contributed by atoms with Crippen molar-refractivity contribution in [2.24, 2.45) is 0 Å². The minimum atomic E-state index is -0.245. The number of nitrogens with one attached hydrogen (secondary N) is 1. The quantitative estimate of drug-likeness (QED) is 0.835. The van der Waals surface area contributed by atoms with Crippen molar-refractivity contribution >= 4 is 18.0 Å². The van der Waals surface area contributed by atoms with Crippen molar-refractivity contribution in [2.45, 2.75) is 40.2 Å². The summed E-state index contributed by atoms with van der Waals surface area (Å²) in [6.07, 6.45) is 5.12. The van der Waals surface area contributed by atoms with E-state index in [-0.39, 0.29) is 17.9 Å². The van der Waals surface area contributed by atoms with Gasteiger partial charge in [-0.2, -0.15) is 0 Å². The highest BCUT2D eigenvalue weighted by Gasteiger charge is 2.06. The van der Waals surface area contributed by atoms with Crippen LogP contribution in [0.25, 0.3) is 6.08 Å². The Morgan fingerprint density at radius 2 is 1.87 bits per heavy atom. The van der Waals surface area contributed by atoms with Gasteiger partial charge in [0.1, 0.15) is 0 Å². The third-order valence-electron chi connectivity index (χ3n) is 2.40. The molecule has 130 valence electrons. The molecule has 0 aliphatic rings. The molecule has 0 fully saturated rings. The van der Waals surface area contributed by atoms with E-state index in [4.69, 9.17) is 5.11 Å². The number of amides is 1. The van der Waals surface area contributed by atoms with Crippen LogP contribution in [0.1, 0.15) is 50.0 Å². The number of hydrogen-bond donors (Lipinski definition) is 2. The van der Waals surface area contributed by atoms with Gasteiger partial charge >= 0.3 is 5.97 Å². The highest BCUT2D eigenvalue weighted by Crippen LogP contribution is 2.08. The number of carbonyl (C=O) groups excluding carboxylic acids is 2. The van der Waals surface area contributed by atoms with Gasteiger partial charge in [0.15, 0.2) is 0 Å². The average Bonchev–Trinajstić information content (AvgIpc) is 2.55. The zero-order valence-corrected chi connectivity index (χ0v) is 14.9. The summed E-state index contributed by atoms with van der Waals surface area (Å²) >= 11 is 0. The second kappa shape index (κ2) is 14.8. The van der Waals surface area contributed by atoms with Crippen LogP contribution in [-0.4, -0.2) is 37.2 Å². The maximum Gasteiger partial charge on any atom is 0.302 e. The van der Waals surface area contributed by atoms with Gasteiger partial charge in [-0.3, -0.25) is 9.59 Å². The maximum atomic E-state index is 11.7. The van der Waals surface area contributed by atoms with Crippen LogP contribution in [0.5, 0.6) is 0 Å². The highest BCUT2D eigenvalue weighted by molar-refractivity contribution is 5.94. The van der Waals surface area contributed by atoms with E-state index in [1.807, 2.05) is 44.2 Å². The third kappa shape index (κ3) is 13.3. The van der Waals surface area contributed by atoms with Gasteiger partial charge in [0.05, 0.1) is 7.11 Å². The Balaban J connectivity index is 0. The van der Waals surface area contributed by atoms with Gasteiger partial charge in [-0.05, 0) is 38.0 Å². The number of allylic oxidation sites excluding steroid dienone is 1. The van der Waals surface area contributed by atoms with Crippen molar-refractivity contribution in [3.63, 3.8) is 0 Å². The predicted molar refractivity (Wildman–Crippen MR) is 94.2 cm³/mol. The molecule has 0 spiro atoms. The molecule has 1 rings (SSSR count). The zero-order chi connectivity index (χ0) is 18.3. The molecule has 0 aliphatic carbocycles. The molecule has 0 saturated heterocycles. The van der Waals surface area contributed by atoms with E-state index in [2.05, 4.69) is 23.1 Å². The van der Waals surface area contributed by atoms with Gasteiger partial charge in [0.25, 0.3) is 5.91 Å². The minimum absolute atomic E-state index is 0.0123. The van der Waals surface area contributed by atoms with Gasteiger partial charge in [0.2, 0.25) is 0 Å². The first kappa shape index (κ1) is 23.1. The fourth-order valence-corrected chi connectivity index (χ4v) is 1.38. The first-order valence-electron chi connectivity index (χ1n) is 7.47. The Morgan fingerprint density at radius 1 is 1.30 bits per heavy atom. The second-order valence-electron chi connectivity index (χ2n) is 4.76. The van der Waals surface area contributed by atoms with Crippen molar-refractivity contribution in [3.8, 4) is 0 Å². The zero-order valence-electron chi connectivity index (χ0n) is 14.9. The summed E-state index contributed by atoms with van der Waals surface area (Å²) < 4.78 is 4.11. The van der Waals surface area contributed by atoms with E-state index < -0.39 is 0 Å². The topological polar surface area (TPSA) is 75.6 Å². The van der Waals surface area contributed by atoms with Crippen LogP contribution < -0.4 is 5.32 Å². The van der Waals surface area contributed by atoms with Crippen molar-refractivity contribution in [2.75, 3.05) is 14.2 Å². The molecule has 0 saturated carbocycles. The van der Waals surface area contributed by atoms with E-state index in [9.17, 15) is 9.59 Å². The maximum absolute atomic E-state index is 11.7. The van der Waals surface area contributed by atoms with E-state index in [0.29, 0.717) is 5.56 Å². The first-order valence-corrected chi connectivity index (χ1v) is 7.47. The summed E-state index contributed by atoms with van der Waals surface area (Å²) in [5.74, 6) is -0.258. The lowest BCUT2D eigenvalue weighted by atomic mass is 10.1. The smallest absolute Gasteiger partial charge is 0.302 e. The standard InChI is InChI=1S/C14H19NO.C3H6O2.CH4O/c1-4-5-7-12-8-6-9-13(10-12)14(16)15-11(2)3;1-3(4)5-2;1-2/h5-11H,4H2,1-3H3,(H,15,16);1-2H3;2H,1H3/b7-5-;;.